The number of carbonyl (C=O) groups excluding carboxylic acids is 1. The molecule has 0 aliphatic heterocycles. The third-order valence-corrected chi connectivity index (χ3v) is 1.86. The number of hydrogen-bond acceptors (Lipinski definition) is 3. The molecule has 0 aliphatic carbocycles. The molecule has 1 aromatic carbocycles. The first-order valence-corrected chi connectivity index (χ1v) is 4.89. The molecule has 3 heteroatoms. The van der Waals surface area contributed by atoms with Crippen LogP contribution in [0.15, 0.2) is 18.2 Å². The Bertz CT molecular complexity index is 295. The molecule has 0 atom stereocenters. The zero-order valence-corrected chi connectivity index (χ0v) is 8.94. The Balaban J connectivity index is 0.000000583. The van der Waals surface area contributed by atoms with Crippen LogP contribution in [0.2, 0.25) is 0 Å². The highest BCUT2D eigenvalue weighted by molar-refractivity contribution is 5.53. The summed E-state index contributed by atoms with van der Waals surface area (Å²) in [5.41, 5.74) is 0.830. The molecule has 0 spiro atoms. The quantitative estimate of drug-likeness (QED) is 0.594. The maximum Gasteiger partial charge on any atom is 0.120 e. The van der Waals surface area contributed by atoms with E-state index in [0.29, 0.717) is 6.29 Å². The molecule has 0 heterocycles. The van der Waals surface area contributed by atoms with Crippen molar-refractivity contribution in [3.8, 4) is 11.5 Å². The summed E-state index contributed by atoms with van der Waals surface area (Å²) < 4.78 is 0. The summed E-state index contributed by atoms with van der Waals surface area (Å²) in [5, 5.41) is 18.5. The Hall–Kier alpha value is -1.51. The Kier molecular flexibility index (Phi) is 7.06. The van der Waals surface area contributed by atoms with Gasteiger partial charge in [-0.2, -0.15) is 0 Å². The fourth-order valence-electron chi connectivity index (χ4n) is 1.14. The molecule has 1 rings (SSSR count). The number of aromatic hydroxyl groups is 2. The first kappa shape index (κ1) is 13.5. The number of unbranched alkanes of at least 4 members (excludes halogenated alkanes) is 1. The normalized spacial score (nSPS) is 8.93. The van der Waals surface area contributed by atoms with Gasteiger partial charge in [0.05, 0.1) is 0 Å². The highest BCUT2D eigenvalue weighted by atomic mass is 16.3. The summed E-state index contributed by atoms with van der Waals surface area (Å²) in [7, 11) is 0. The fraction of sp³-hybridized carbons (Fsp3) is 0.333. The Morgan fingerprint density at radius 1 is 1.40 bits per heavy atom. The van der Waals surface area contributed by atoms with E-state index in [9.17, 15) is 5.11 Å². The van der Waals surface area contributed by atoms with Crippen LogP contribution in [-0.4, -0.2) is 16.5 Å². The SMILES string of the molecule is CCCCc1cc(O)ccc1O.[CH2]C=O. The number of aldehydes is 1. The van der Waals surface area contributed by atoms with Gasteiger partial charge in [0.25, 0.3) is 0 Å². The maximum atomic E-state index is 9.35. The van der Waals surface area contributed by atoms with Gasteiger partial charge < -0.3 is 15.0 Å². The zero-order valence-electron chi connectivity index (χ0n) is 8.94. The van der Waals surface area contributed by atoms with E-state index >= 15 is 0 Å². The standard InChI is InChI=1S/C10H14O2.C2H3O/c1-2-3-4-8-7-9(11)5-6-10(8)12;1-2-3/h5-7,11-12H,2-4H2,1H3;2H,1H2. The molecule has 1 aromatic rings. The third-order valence-electron chi connectivity index (χ3n) is 1.86. The average molecular weight is 209 g/mol. The number of carbonyl (C=O) groups is 1. The lowest BCUT2D eigenvalue weighted by Gasteiger charge is -2.03. The average Bonchev–Trinajstić information content (AvgIpc) is 2.21. The lowest BCUT2D eigenvalue weighted by Crippen LogP contribution is -1.84. The van der Waals surface area contributed by atoms with Gasteiger partial charge in [0.1, 0.15) is 17.8 Å². The maximum absolute atomic E-state index is 9.35. The van der Waals surface area contributed by atoms with E-state index < -0.39 is 0 Å². The van der Waals surface area contributed by atoms with Crippen LogP contribution < -0.4 is 0 Å². The van der Waals surface area contributed by atoms with Crippen LogP contribution >= 0.6 is 0 Å². The van der Waals surface area contributed by atoms with E-state index in [1.807, 2.05) is 0 Å². The summed E-state index contributed by atoms with van der Waals surface area (Å²) in [6.45, 7) is 4.90. The van der Waals surface area contributed by atoms with Crippen molar-refractivity contribution in [2.75, 3.05) is 0 Å². The third kappa shape index (κ3) is 5.73. The topological polar surface area (TPSA) is 57.5 Å². The number of phenols is 2. The first-order chi connectivity index (χ1) is 7.15. The minimum absolute atomic E-state index is 0.221. The van der Waals surface area contributed by atoms with Gasteiger partial charge in [0, 0.05) is 6.92 Å². The van der Waals surface area contributed by atoms with Crippen LogP contribution in [0.1, 0.15) is 25.3 Å². The molecule has 0 unspecified atom stereocenters. The molecule has 0 saturated heterocycles. The highest BCUT2D eigenvalue weighted by Gasteiger charge is 2.00. The predicted octanol–water partition coefficient (Wildman–Crippen LogP) is 2.46. The summed E-state index contributed by atoms with van der Waals surface area (Å²) >= 11 is 0. The van der Waals surface area contributed by atoms with Gasteiger partial charge in [0.15, 0.2) is 0 Å². The van der Waals surface area contributed by atoms with Gasteiger partial charge in [-0.15, -0.1) is 0 Å². The number of rotatable bonds is 3. The van der Waals surface area contributed by atoms with Gasteiger partial charge in [0.2, 0.25) is 0 Å². The molecular weight excluding hydrogens is 192 g/mol. The molecule has 1 radical (unpaired) electrons. The van der Waals surface area contributed by atoms with E-state index in [2.05, 4.69) is 13.8 Å². The van der Waals surface area contributed by atoms with E-state index in [1.165, 1.54) is 12.1 Å². The lowest BCUT2D eigenvalue weighted by atomic mass is 10.1. The second-order valence-electron chi connectivity index (χ2n) is 3.08. The Morgan fingerprint density at radius 2 is 2.00 bits per heavy atom. The summed E-state index contributed by atoms with van der Waals surface area (Å²) in [4.78, 5) is 8.69. The van der Waals surface area contributed by atoms with Crippen molar-refractivity contribution in [3.63, 3.8) is 0 Å². The van der Waals surface area contributed by atoms with E-state index in [-0.39, 0.29) is 11.5 Å². The molecule has 0 amide bonds. The summed E-state index contributed by atoms with van der Waals surface area (Å²) in [6, 6.07) is 4.64. The number of aryl methyl sites for hydroxylation is 1. The van der Waals surface area contributed by atoms with Gasteiger partial charge in [-0.25, -0.2) is 0 Å². The highest BCUT2D eigenvalue weighted by Crippen LogP contribution is 2.23. The van der Waals surface area contributed by atoms with Crippen LogP contribution in [0.3, 0.4) is 0 Å². The van der Waals surface area contributed by atoms with Crippen molar-refractivity contribution in [2.24, 2.45) is 0 Å². The number of benzene rings is 1. The predicted molar refractivity (Wildman–Crippen MR) is 59.8 cm³/mol. The van der Waals surface area contributed by atoms with E-state index in [0.717, 1.165) is 24.8 Å². The smallest absolute Gasteiger partial charge is 0.120 e. The Labute approximate surface area is 90.4 Å². The minimum Gasteiger partial charge on any atom is -0.508 e. The van der Waals surface area contributed by atoms with Crippen molar-refractivity contribution in [2.45, 2.75) is 26.2 Å². The van der Waals surface area contributed by atoms with Crippen LogP contribution in [0.5, 0.6) is 11.5 Å². The molecule has 83 valence electrons. The van der Waals surface area contributed by atoms with Gasteiger partial charge >= 0.3 is 0 Å². The second-order valence-corrected chi connectivity index (χ2v) is 3.08. The molecule has 0 aromatic heterocycles. The Morgan fingerprint density at radius 3 is 2.53 bits per heavy atom. The number of phenolic OH excluding ortho intramolecular Hbond substituents is 2. The largest absolute Gasteiger partial charge is 0.508 e. The molecule has 2 N–H and O–H groups in total. The monoisotopic (exact) mass is 209 g/mol. The molecule has 0 aliphatic rings. The van der Waals surface area contributed by atoms with Crippen molar-refractivity contribution >= 4 is 6.29 Å². The molecular formula is C12H17O3. The molecule has 15 heavy (non-hydrogen) atoms. The van der Waals surface area contributed by atoms with Gasteiger partial charge in [-0.1, -0.05) is 13.3 Å². The summed E-state index contributed by atoms with van der Waals surface area (Å²) in [5.74, 6) is 0.500. The molecule has 0 bridgehead atoms. The van der Waals surface area contributed by atoms with Gasteiger partial charge in [-0.05, 0) is 36.6 Å². The molecule has 3 nitrogen and oxygen atoms in total. The minimum atomic E-state index is 0.221. The van der Waals surface area contributed by atoms with Crippen LogP contribution in [0, 0.1) is 6.92 Å². The lowest BCUT2D eigenvalue weighted by molar-refractivity contribution is -0.104. The van der Waals surface area contributed by atoms with Gasteiger partial charge in [-0.3, -0.25) is 0 Å². The van der Waals surface area contributed by atoms with Crippen molar-refractivity contribution in [1.29, 1.82) is 0 Å². The van der Waals surface area contributed by atoms with Crippen molar-refractivity contribution in [1.82, 2.24) is 0 Å². The fourth-order valence-corrected chi connectivity index (χ4v) is 1.14. The van der Waals surface area contributed by atoms with Crippen LogP contribution in [-0.2, 0) is 11.2 Å². The van der Waals surface area contributed by atoms with Crippen molar-refractivity contribution < 1.29 is 15.0 Å². The summed E-state index contributed by atoms with van der Waals surface area (Å²) in [6.07, 6.45) is 3.46. The van der Waals surface area contributed by atoms with Crippen LogP contribution in [0.4, 0.5) is 0 Å². The molecule has 0 fully saturated rings. The van der Waals surface area contributed by atoms with Crippen molar-refractivity contribution in [3.05, 3.63) is 30.7 Å². The van der Waals surface area contributed by atoms with Crippen LogP contribution in [0.25, 0.3) is 0 Å². The second kappa shape index (κ2) is 7.85. The zero-order chi connectivity index (χ0) is 11.7. The van der Waals surface area contributed by atoms with E-state index in [1.54, 1.807) is 6.07 Å². The first-order valence-electron chi connectivity index (χ1n) is 4.89. The van der Waals surface area contributed by atoms with E-state index in [4.69, 9.17) is 9.90 Å². The number of hydrogen-bond donors (Lipinski definition) is 2. The molecule has 0 saturated carbocycles.